The maximum Gasteiger partial charge on any atom is 0.329 e. The minimum absolute atomic E-state index is 0.0785. The van der Waals surface area contributed by atoms with Crippen molar-refractivity contribution in [2.75, 3.05) is 90.6 Å². The van der Waals surface area contributed by atoms with Crippen molar-refractivity contribution in [3.63, 3.8) is 0 Å². The molecule has 2 aromatic rings. The third kappa shape index (κ3) is 16.4. The van der Waals surface area contributed by atoms with Crippen molar-refractivity contribution < 1.29 is 66.8 Å². The Balaban J connectivity index is 1.24. The van der Waals surface area contributed by atoms with E-state index in [-0.39, 0.29) is 62.2 Å². The van der Waals surface area contributed by atoms with Crippen LogP contribution >= 0.6 is 0 Å². The number of hydrogen-bond donors (Lipinski definition) is 0. The van der Waals surface area contributed by atoms with Crippen molar-refractivity contribution in [3.05, 3.63) is 59.7 Å². The number of rotatable bonds is 14. The van der Waals surface area contributed by atoms with Crippen LogP contribution in [-0.2, 0) is 79.6 Å². The number of nitrogens with zero attached hydrogens (tertiary/aromatic N) is 6. The van der Waals surface area contributed by atoms with E-state index >= 15 is 9.59 Å². The molecule has 8 atom stereocenters. The Morgan fingerprint density at radius 2 is 0.725 bits per heavy atom. The minimum Gasteiger partial charge on any atom is -0.451 e. The van der Waals surface area contributed by atoms with Crippen LogP contribution in [0.5, 0.6) is 0 Å². The lowest BCUT2D eigenvalue weighted by Crippen LogP contribution is -2.54. The highest BCUT2D eigenvalue weighted by Crippen LogP contribution is 2.37. The molecule has 3 aliphatic heterocycles. The Hall–Kier alpha value is -6.28. The third-order valence-electron chi connectivity index (χ3n) is 16.1. The fourth-order valence-corrected chi connectivity index (χ4v) is 10.7. The first-order chi connectivity index (χ1) is 38.1. The monoisotopic (exact) mass is 1110 g/mol. The Morgan fingerprint density at radius 3 is 1.02 bits per heavy atom. The normalized spacial score (nSPS) is 27.3. The molecule has 1 unspecified atom stereocenters. The van der Waals surface area contributed by atoms with E-state index in [1.54, 1.807) is 0 Å². The molecule has 20 nitrogen and oxygen atoms in total. The second-order valence-electron chi connectivity index (χ2n) is 23.4. The van der Waals surface area contributed by atoms with E-state index in [4.69, 9.17) is 28.4 Å². The number of morpholine rings is 2. The van der Waals surface area contributed by atoms with E-state index < -0.39 is 96.1 Å². The highest BCUT2D eigenvalue weighted by molar-refractivity contribution is 5.94. The highest BCUT2D eigenvalue weighted by atomic mass is 16.6. The molecule has 5 fully saturated rings. The predicted molar refractivity (Wildman–Crippen MR) is 297 cm³/mol. The number of ether oxygens (including phenoxy) is 6. The fraction of sp³-hybridized carbons (Fsp3) is 0.667. The van der Waals surface area contributed by atoms with Gasteiger partial charge in [-0.05, 0) is 98.6 Å². The largest absolute Gasteiger partial charge is 0.451 e. The minimum atomic E-state index is -1.49. The summed E-state index contributed by atoms with van der Waals surface area (Å²) in [6.45, 7) is 15.5. The van der Waals surface area contributed by atoms with Gasteiger partial charge in [0.25, 0.3) is 23.6 Å². The van der Waals surface area contributed by atoms with Gasteiger partial charge in [-0.25, -0.2) is 19.2 Å². The van der Waals surface area contributed by atoms with Crippen molar-refractivity contribution in [1.29, 1.82) is 0 Å². The third-order valence-corrected chi connectivity index (χ3v) is 16.1. The molecule has 3 heterocycles. The number of amides is 4. The van der Waals surface area contributed by atoms with E-state index in [1.807, 2.05) is 76.2 Å². The standard InChI is InChI=1S/C60H86N6O14/c1-37(2)31-47-57(71)77-39(5)53(67)61(7)50(34-42-13-14-42)60(74)80-52(36-44-17-21-46(22-18-44)66-25-29-76-30-26-66)56(70)64(10)48(32-38(3)4)58(72)78-40(6)54(68)62(8)49(33-41-11-12-41)59(73)79-51(55(69)63(47)9)35-43-15-19-45(20-16-43)65-23-27-75-28-24-65/h15-22,37-42,47-52H,11-14,23-36H2,1-10H3/t39-,40-,47+,48?,49+,50+,51-,52-/m1/s1. The van der Waals surface area contributed by atoms with Crippen molar-refractivity contribution in [2.45, 2.75) is 154 Å². The van der Waals surface area contributed by atoms with Gasteiger partial charge in [0.05, 0.1) is 26.4 Å². The van der Waals surface area contributed by atoms with Crippen LogP contribution in [-0.4, -0.2) is 196 Å². The van der Waals surface area contributed by atoms with E-state index in [9.17, 15) is 28.8 Å². The Bertz CT molecular complexity index is 2300. The Kier molecular flexibility index (Phi) is 21.4. The Labute approximate surface area is 472 Å². The molecule has 0 aromatic heterocycles. The molecular formula is C60H86N6O14. The molecular weight excluding hydrogens is 1030 g/mol. The number of hydrogen-bond acceptors (Lipinski definition) is 16. The summed E-state index contributed by atoms with van der Waals surface area (Å²) in [5.74, 6) is -6.51. The van der Waals surface area contributed by atoms with Crippen LogP contribution in [0.3, 0.4) is 0 Å². The molecule has 2 aliphatic carbocycles. The summed E-state index contributed by atoms with van der Waals surface area (Å²) in [5, 5.41) is 0. The quantitative estimate of drug-likeness (QED) is 0.183. The topological polar surface area (TPSA) is 211 Å². The van der Waals surface area contributed by atoms with Gasteiger partial charge in [0, 0.05) is 78.6 Å². The van der Waals surface area contributed by atoms with Gasteiger partial charge < -0.3 is 57.8 Å². The summed E-state index contributed by atoms with van der Waals surface area (Å²) < 4.78 is 35.4. The van der Waals surface area contributed by atoms with E-state index in [0.717, 1.165) is 37.1 Å². The maximum absolute atomic E-state index is 15.0. The van der Waals surface area contributed by atoms with Crippen LogP contribution < -0.4 is 9.80 Å². The fourth-order valence-electron chi connectivity index (χ4n) is 10.7. The summed E-state index contributed by atoms with van der Waals surface area (Å²) in [4.78, 5) is 127. The van der Waals surface area contributed by atoms with Gasteiger partial charge in [-0.3, -0.25) is 19.2 Å². The molecule has 440 valence electrons. The van der Waals surface area contributed by atoms with Gasteiger partial charge in [0.1, 0.15) is 24.2 Å². The summed E-state index contributed by atoms with van der Waals surface area (Å²) in [5.41, 5.74) is 3.23. The van der Waals surface area contributed by atoms with Crippen LogP contribution in [0.25, 0.3) is 0 Å². The van der Waals surface area contributed by atoms with Crippen LogP contribution in [0.2, 0.25) is 0 Å². The van der Waals surface area contributed by atoms with Gasteiger partial charge in [0.15, 0.2) is 24.4 Å². The van der Waals surface area contributed by atoms with Crippen LogP contribution in [0, 0.1) is 23.7 Å². The summed E-state index contributed by atoms with van der Waals surface area (Å²) in [6.07, 6.45) is -2.18. The maximum atomic E-state index is 15.0. The molecule has 7 rings (SSSR count). The predicted octanol–water partition coefficient (Wildman–Crippen LogP) is 4.85. The number of carbonyl (C=O) groups is 8. The highest BCUT2D eigenvalue weighted by Gasteiger charge is 2.44. The number of cyclic esters (lactones) is 4. The molecule has 3 saturated heterocycles. The van der Waals surface area contributed by atoms with Gasteiger partial charge >= 0.3 is 23.9 Å². The van der Waals surface area contributed by atoms with Crippen LogP contribution in [0.15, 0.2) is 48.5 Å². The molecule has 0 spiro atoms. The smallest absolute Gasteiger partial charge is 0.329 e. The van der Waals surface area contributed by atoms with Gasteiger partial charge in [-0.2, -0.15) is 0 Å². The van der Waals surface area contributed by atoms with Crippen molar-refractivity contribution >= 4 is 58.9 Å². The van der Waals surface area contributed by atoms with Crippen molar-refractivity contribution in [1.82, 2.24) is 19.6 Å². The second-order valence-corrected chi connectivity index (χ2v) is 23.4. The van der Waals surface area contributed by atoms with Gasteiger partial charge in [0.2, 0.25) is 0 Å². The molecule has 80 heavy (non-hydrogen) atoms. The second kappa shape index (κ2) is 27.9. The molecule has 0 bridgehead atoms. The number of benzene rings is 2. The zero-order valence-electron chi connectivity index (χ0n) is 48.7. The van der Waals surface area contributed by atoms with Crippen molar-refractivity contribution in [2.24, 2.45) is 23.7 Å². The zero-order valence-corrected chi connectivity index (χ0v) is 48.7. The van der Waals surface area contributed by atoms with E-state index in [0.29, 0.717) is 63.7 Å². The van der Waals surface area contributed by atoms with E-state index in [1.165, 1.54) is 61.6 Å². The first-order valence-electron chi connectivity index (χ1n) is 28.8. The average molecular weight is 1120 g/mol. The summed E-state index contributed by atoms with van der Waals surface area (Å²) in [7, 11) is 5.71. The lowest BCUT2D eigenvalue weighted by Gasteiger charge is -2.35. The van der Waals surface area contributed by atoms with Crippen LogP contribution in [0.4, 0.5) is 11.4 Å². The van der Waals surface area contributed by atoms with E-state index in [2.05, 4.69) is 9.80 Å². The average Bonchev–Trinajstić information content (AvgIpc) is 4.43. The van der Waals surface area contributed by atoms with Crippen LogP contribution in [0.1, 0.15) is 104 Å². The van der Waals surface area contributed by atoms with Crippen molar-refractivity contribution in [3.8, 4) is 0 Å². The molecule has 2 saturated carbocycles. The molecule has 0 radical (unpaired) electrons. The van der Waals surface area contributed by atoms with Gasteiger partial charge in [-0.1, -0.05) is 77.6 Å². The number of carbonyl (C=O) groups excluding carboxylic acids is 8. The number of anilines is 2. The summed E-state index contributed by atoms with van der Waals surface area (Å²) >= 11 is 0. The lowest BCUT2D eigenvalue weighted by atomic mass is 10.0. The zero-order chi connectivity index (χ0) is 57.9. The number of likely N-dealkylation sites (N-methyl/N-ethyl adjacent to an activating group) is 4. The lowest BCUT2D eigenvalue weighted by molar-refractivity contribution is -0.176. The Morgan fingerprint density at radius 1 is 0.425 bits per heavy atom. The van der Waals surface area contributed by atoms with Gasteiger partial charge in [-0.15, -0.1) is 0 Å². The SMILES string of the molecule is CC(C)CC1C(=O)O[C@H](C)C(=O)N(C)[C@@H](CC2CC2)C(=O)O[C@H](Cc2ccc(N3CCOCC3)cc2)C(=O)N(C)[C@@H](CC(C)C)C(=O)O[C@H](C)C(=O)N(C)[C@@H](CC2CC2)C(=O)O[C@H](Cc2ccc(N3CCOCC3)cc2)C(=O)N1C. The first kappa shape index (κ1) is 61.3. The molecule has 20 heteroatoms. The number of esters is 4. The molecule has 2 aromatic carbocycles. The first-order valence-corrected chi connectivity index (χ1v) is 28.8. The molecule has 4 amide bonds. The molecule has 5 aliphatic rings. The molecule has 0 N–H and O–H groups in total. The summed E-state index contributed by atoms with van der Waals surface area (Å²) in [6, 6.07) is 10.2.